The summed E-state index contributed by atoms with van der Waals surface area (Å²) in [7, 11) is 0. The molecular formula is C28H24N4O3. The second-order valence-corrected chi connectivity index (χ2v) is 8.09. The van der Waals surface area contributed by atoms with Crippen LogP contribution in [0.1, 0.15) is 27.0 Å². The number of anilines is 1. The molecule has 0 aliphatic carbocycles. The van der Waals surface area contributed by atoms with E-state index >= 15 is 0 Å². The zero-order valence-electron chi connectivity index (χ0n) is 19.2. The molecule has 0 aliphatic heterocycles. The first-order valence-electron chi connectivity index (χ1n) is 11.3. The Morgan fingerprint density at radius 2 is 1.69 bits per heavy atom. The molecule has 0 atom stereocenters. The first-order chi connectivity index (χ1) is 17.2. The molecule has 7 nitrogen and oxygen atoms in total. The van der Waals surface area contributed by atoms with Crippen molar-refractivity contribution in [2.24, 2.45) is 0 Å². The Bertz CT molecular complexity index is 1390. The van der Waals surface area contributed by atoms with E-state index in [1.54, 1.807) is 30.5 Å². The molecule has 1 N–H and O–H groups in total. The fourth-order valence-electron chi connectivity index (χ4n) is 3.52. The van der Waals surface area contributed by atoms with Gasteiger partial charge in [-0.1, -0.05) is 60.2 Å². The van der Waals surface area contributed by atoms with Crippen molar-refractivity contribution in [3.8, 4) is 17.3 Å². The van der Waals surface area contributed by atoms with Crippen LogP contribution < -0.4 is 10.1 Å². The van der Waals surface area contributed by atoms with E-state index in [-0.39, 0.29) is 5.91 Å². The van der Waals surface area contributed by atoms with Gasteiger partial charge in [0, 0.05) is 12.1 Å². The van der Waals surface area contributed by atoms with Crippen LogP contribution in [0, 0.1) is 6.92 Å². The number of nitrogens with one attached hydrogen (secondary N) is 1. The molecule has 0 fully saturated rings. The van der Waals surface area contributed by atoms with Crippen molar-refractivity contribution < 1.29 is 13.9 Å². The molecule has 3 aromatic carbocycles. The molecule has 5 rings (SSSR count). The number of carbonyl (C=O) groups excluding carboxylic acids is 1. The van der Waals surface area contributed by atoms with E-state index in [0.717, 1.165) is 22.4 Å². The Hall–Kier alpha value is -4.65. The van der Waals surface area contributed by atoms with E-state index < -0.39 is 0 Å². The molecular weight excluding hydrogens is 440 g/mol. The number of benzene rings is 3. The van der Waals surface area contributed by atoms with E-state index in [0.29, 0.717) is 36.2 Å². The van der Waals surface area contributed by atoms with Crippen LogP contribution in [0.3, 0.4) is 0 Å². The SMILES string of the molecule is Cc1ccc(C(=O)n2nc(-c3ccco3)nc2NCc2ccc(OCc3ccccc3)cc2)cc1. The summed E-state index contributed by atoms with van der Waals surface area (Å²) in [5.41, 5.74) is 3.72. The smallest absolute Gasteiger partial charge is 0.281 e. The standard InChI is InChI=1S/C28H24N4O3/c1-20-9-13-23(14-10-20)27(33)32-28(30-26(31-32)25-8-5-17-34-25)29-18-21-11-15-24(16-12-21)35-19-22-6-3-2-4-7-22/h2-17H,18-19H2,1H3,(H,29,30,31). The van der Waals surface area contributed by atoms with Gasteiger partial charge in [0.05, 0.1) is 6.26 Å². The monoisotopic (exact) mass is 464 g/mol. The quantitative estimate of drug-likeness (QED) is 0.316. The van der Waals surface area contributed by atoms with Crippen molar-refractivity contribution in [2.75, 3.05) is 5.32 Å². The fraction of sp³-hybridized carbons (Fsp3) is 0.107. The van der Waals surface area contributed by atoms with Gasteiger partial charge < -0.3 is 14.5 Å². The normalized spacial score (nSPS) is 10.8. The van der Waals surface area contributed by atoms with Crippen molar-refractivity contribution in [1.29, 1.82) is 0 Å². The minimum atomic E-state index is -0.275. The minimum absolute atomic E-state index is 0.275. The highest BCUT2D eigenvalue weighted by molar-refractivity contribution is 5.97. The molecule has 174 valence electrons. The summed E-state index contributed by atoms with van der Waals surface area (Å²) in [5, 5.41) is 7.65. The van der Waals surface area contributed by atoms with E-state index in [2.05, 4.69) is 15.4 Å². The fourth-order valence-corrected chi connectivity index (χ4v) is 3.52. The molecule has 0 radical (unpaired) electrons. The van der Waals surface area contributed by atoms with Crippen molar-refractivity contribution >= 4 is 11.9 Å². The predicted molar refractivity (Wildman–Crippen MR) is 133 cm³/mol. The van der Waals surface area contributed by atoms with Gasteiger partial charge in [-0.15, -0.1) is 5.10 Å². The second-order valence-electron chi connectivity index (χ2n) is 8.09. The highest BCUT2D eigenvalue weighted by Crippen LogP contribution is 2.21. The maximum absolute atomic E-state index is 13.2. The number of hydrogen-bond acceptors (Lipinski definition) is 6. The molecule has 0 bridgehead atoms. The molecule has 2 aromatic heterocycles. The lowest BCUT2D eigenvalue weighted by molar-refractivity contribution is 0.0947. The number of nitrogens with zero attached hydrogens (tertiary/aromatic N) is 3. The predicted octanol–water partition coefficient (Wildman–Crippen LogP) is 5.73. The summed E-state index contributed by atoms with van der Waals surface area (Å²) >= 11 is 0. The van der Waals surface area contributed by atoms with Crippen LogP contribution in [0.2, 0.25) is 0 Å². The van der Waals surface area contributed by atoms with Gasteiger partial charge in [-0.05, 0) is 54.4 Å². The minimum Gasteiger partial charge on any atom is -0.489 e. The average Bonchev–Trinajstić information content (AvgIpc) is 3.58. The molecule has 2 heterocycles. The molecule has 0 unspecified atom stereocenters. The summed E-state index contributed by atoms with van der Waals surface area (Å²) in [4.78, 5) is 17.7. The summed E-state index contributed by atoms with van der Waals surface area (Å²) < 4.78 is 12.6. The Balaban J connectivity index is 1.31. The lowest BCUT2D eigenvalue weighted by Crippen LogP contribution is -2.17. The lowest BCUT2D eigenvalue weighted by atomic mass is 10.1. The van der Waals surface area contributed by atoms with Gasteiger partial charge in [-0.2, -0.15) is 9.67 Å². The van der Waals surface area contributed by atoms with E-state index in [4.69, 9.17) is 9.15 Å². The summed E-state index contributed by atoms with van der Waals surface area (Å²) in [6.45, 7) is 2.94. The average molecular weight is 465 g/mol. The van der Waals surface area contributed by atoms with Crippen molar-refractivity contribution in [3.05, 3.63) is 120 Å². The summed E-state index contributed by atoms with van der Waals surface area (Å²) in [5.74, 6) is 1.68. The van der Waals surface area contributed by atoms with Gasteiger partial charge >= 0.3 is 0 Å². The van der Waals surface area contributed by atoms with E-state index in [9.17, 15) is 4.79 Å². The number of aromatic nitrogens is 3. The molecule has 7 heteroatoms. The highest BCUT2D eigenvalue weighted by atomic mass is 16.5. The lowest BCUT2D eigenvalue weighted by Gasteiger charge is -2.09. The third-order valence-corrected chi connectivity index (χ3v) is 5.46. The molecule has 0 spiro atoms. The molecule has 0 saturated carbocycles. The second kappa shape index (κ2) is 10.1. The first kappa shape index (κ1) is 22.2. The van der Waals surface area contributed by atoms with Crippen LogP contribution in [0.5, 0.6) is 5.75 Å². The molecule has 5 aromatic rings. The topological polar surface area (TPSA) is 82.2 Å². The van der Waals surface area contributed by atoms with Gasteiger partial charge in [0.1, 0.15) is 12.4 Å². The van der Waals surface area contributed by atoms with Crippen molar-refractivity contribution in [1.82, 2.24) is 14.8 Å². The third kappa shape index (κ3) is 5.30. The Labute approximate surface area is 203 Å². The van der Waals surface area contributed by atoms with Gasteiger partial charge in [0.15, 0.2) is 5.76 Å². The number of hydrogen-bond donors (Lipinski definition) is 1. The number of aryl methyl sites for hydroxylation is 1. The Morgan fingerprint density at radius 3 is 2.40 bits per heavy atom. The molecule has 0 amide bonds. The van der Waals surface area contributed by atoms with Crippen LogP contribution in [-0.2, 0) is 13.2 Å². The maximum Gasteiger partial charge on any atom is 0.281 e. The van der Waals surface area contributed by atoms with Crippen LogP contribution >= 0.6 is 0 Å². The molecule has 0 saturated heterocycles. The van der Waals surface area contributed by atoms with Crippen LogP contribution in [0.4, 0.5) is 5.95 Å². The van der Waals surface area contributed by atoms with E-state index in [1.165, 1.54) is 4.68 Å². The number of furan rings is 1. The maximum atomic E-state index is 13.2. The number of rotatable bonds is 8. The van der Waals surface area contributed by atoms with Gasteiger partial charge in [-0.25, -0.2) is 0 Å². The van der Waals surface area contributed by atoms with Crippen LogP contribution in [0.25, 0.3) is 11.6 Å². The number of ether oxygens (including phenoxy) is 1. The highest BCUT2D eigenvalue weighted by Gasteiger charge is 2.20. The largest absolute Gasteiger partial charge is 0.489 e. The van der Waals surface area contributed by atoms with Gasteiger partial charge in [-0.3, -0.25) is 4.79 Å². The zero-order chi connectivity index (χ0) is 24.0. The zero-order valence-corrected chi connectivity index (χ0v) is 19.2. The Kier molecular flexibility index (Phi) is 6.39. The molecule has 0 aliphatic rings. The van der Waals surface area contributed by atoms with Crippen LogP contribution in [-0.4, -0.2) is 20.7 Å². The number of carbonyl (C=O) groups is 1. The first-order valence-corrected chi connectivity index (χ1v) is 11.3. The van der Waals surface area contributed by atoms with E-state index in [1.807, 2.05) is 73.7 Å². The van der Waals surface area contributed by atoms with Crippen molar-refractivity contribution in [2.45, 2.75) is 20.1 Å². The van der Waals surface area contributed by atoms with Gasteiger partial charge in [0.25, 0.3) is 5.91 Å². The Morgan fingerprint density at radius 1 is 0.914 bits per heavy atom. The molecule has 35 heavy (non-hydrogen) atoms. The van der Waals surface area contributed by atoms with Crippen LogP contribution in [0.15, 0.2) is 102 Å². The van der Waals surface area contributed by atoms with Gasteiger partial charge in [0.2, 0.25) is 11.8 Å². The summed E-state index contributed by atoms with van der Waals surface area (Å²) in [6, 6.07) is 28.7. The summed E-state index contributed by atoms with van der Waals surface area (Å²) in [6.07, 6.45) is 1.55. The van der Waals surface area contributed by atoms with Crippen molar-refractivity contribution in [3.63, 3.8) is 0 Å². The third-order valence-electron chi connectivity index (χ3n) is 5.46.